The molecule has 0 aromatic heterocycles. The first-order valence-electron chi connectivity index (χ1n) is 7.80. The van der Waals surface area contributed by atoms with Gasteiger partial charge in [0.15, 0.2) is 0 Å². The van der Waals surface area contributed by atoms with Crippen LogP contribution in [0.3, 0.4) is 0 Å². The molecule has 2 rings (SSSR count). The third-order valence-electron chi connectivity index (χ3n) is 3.98. The van der Waals surface area contributed by atoms with Crippen molar-refractivity contribution in [1.29, 1.82) is 0 Å². The molecule has 1 aliphatic heterocycles. The summed E-state index contributed by atoms with van der Waals surface area (Å²) in [5.74, 6) is 0.825. The molecule has 0 aromatic carbocycles. The fourth-order valence-electron chi connectivity index (χ4n) is 2.70. The van der Waals surface area contributed by atoms with E-state index in [2.05, 4.69) is 51.8 Å². The van der Waals surface area contributed by atoms with Crippen LogP contribution in [-0.4, -0.2) is 30.1 Å². The van der Waals surface area contributed by atoms with Crippen LogP contribution in [0.25, 0.3) is 0 Å². The number of fused-ring (bicyclic) bond motifs is 1. The predicted molar refractivity (Wildman–Crippen MR) is 90.3 cm³/mol. The Hall–Kier alpha value is -1.64. The van der Waals surface area contributed by atoms with Crippen LogP contribution in [0.5, 0.6) is 0 Å². The first-order valence-corrected chi connectivity index (χ1v) is 7.80. The summed E-state index contributed by atoms with van der Waals surface area (Å²) in [4.78, 5) is 9.59. The number of dihydropyridines is 1. The first-order chi connectivity index (χ1) is 9.92. The molecule has 0 aromatic rings. The number of aliphatic imine (C=N–C) groups is 2. The summed E-state index contributed by atoms with van der Waals surface area (Å²) in [7, 11) is 1.71. The Kier molecular flexibility index (Phi) is 4.50. The third kappa shape index (κ3) is 3.17. The van der Waals surface area contributed by atoms with Crippen LogP contribution >= 0.6 is 0 Å². The summed E-state index contributed by atoms with van der Waals surface area (Å²) in [6.45, 7) is 10.7. The van der Waals surface area contributed by atoms with Crippen molar-refractivity contribution < 1.29 is 4.74 Å². The average molecular weight is 286 g/mol. The predicted octanol–water partition coefficient (Wildman–Crippen LogP) is 4.27. The molecule has 0 N–H and O–H groups in total. The van der Waals surface area contributed by atoms with E-state index in [9.17, 15) is 0 Å². The van der Waals surface area contributed by atoms with Crippen LogP contribution in [-0.2, 0) is 4.74 Å². The molecule has 0 saturated heterocycles. The molecular weight excluding hydrogens is 260 g/mol. The number of methoxy groups -OCH3 is 1. The topological polar surface area (TPSA) is 34.0 Å². The number of allylic oxidation sites excluding steroid dienone is 4. The van der Waals surface area contributed by atoms with E-state index in [-0.39, 0.29) is 11.6 Å². The van der Waals surface area contributed by atoms with Crippen LogP contribution < -0.4 is 0 Å². The minimum Gasteiger partial charge on any atom is -0.494 e. The lowest BCUT2D eigenvalue weighted by atomic mass is 9.83. The molecule has 2 aliphatic rings. The van der Waals surface area contributed by atoms with E-state index in [0.29, 0.717) is 0 Å². The number of hydrogen-bond donors (Lipinski definition) is 0. The van der Waals surface area contributed by atoms with E-state index < -0.39 is 0 Å². The molecule has 21 heavy (non-hydrogen) atoms. The van der Waals surface area contributed by atoms with Crippen LogP contribution in [0.2, 0.25) is 0 Å². The van der Waals surface area contributed by atoms with Crippen molar-refractivity contribution in [3.63, 3.8) is 0 Å². The van der Waals surface area contributed by atoms with E-state index in [1.54, 1.807) is 7.11 Å². The van der Waals surface area contributed by atoms with E-state index in [0.717, 1.165) is 30.0 Å². The standard InChI is InChI=1S/C18H26N2O/c1-7-13-11-18(5,8-2)20-17-15(13)9-14(19-12(3)4)10-16(17)21-6/h9-12H,7-8H2,1-6H3. The highest BCUT2D eigenvalue weighted by Gasteiger charge is 2.31. The Morgan fingerprint density at radius 1 is 1.29 bits per heavy atom. The Bertz CT molecular complexity index is 576. The SMILES string of the molecule is CCC1=CC(C)(CC)N=C2C(OC)=CC(=NC(C)C)C=C12. The van der Waals surface area contributed by atoms with Gasteiger partial charge in [0.25, 0.3) is 0 Å². The highest BCUT2D eigenvalue weighted by Crippen LogP contribution is 2.34. The van der Waals surface area contributed by atoms with Gasteiger partial charge in [0, 0.05) is 17.7 Å². The van der Waals surface area contributed by atoms with Gasteiger partial charge >= 0.3 is 0 Å². The van der Waals surface area contributed by atoms with Crippen molar-refractivity contribution in [2.75, 3.05) is 7.11 Å². The maximum absolute atomic E-state index is 5.58. The molecule has 0 spiro atoms. The van der Waals surface area contributed by atoms with E-state index in [1.165, 1.54) is 11.1 Å². The summed E-state index contributed by atoms with van der Waals surface area (Å²) >= 11 is 0. The Morgan fingerprint density at radius 2 is 2.00 bits per heavy atom. The second-order valence-electron chi connectivity index (χ2n) is 6.11. The highest BCUT2D eigenvalue weighted by molar-refractivity contribution is 6.25. The molecule has 1 aliphatic carbocycles. The molecule has 3 nitrogen and oxygen atoms in total. The van der Waals surface area contributed by atoms with Crippen LogP contribution in [0.15, 0.2) is 45.1 Å². The van der Waals surface area contributed by atoms with Crippen molar-refractivity contribution in [1.82, 2.24) is 0 Å². The molecule has 0 radical (unpaired) electrons. The van der Waals surface area contributed by atoms with Gasteiger partial charge < -0.3 is 4.74 Å². The Labute approximate surface area is 128 Å². The van der Waals surface area contributed by atoms with E-state index >= 15 is 0 Å². The molecule has 0 bridgehead atoms. The number of rotatable bonds is 4. The van der Waals surface area contributed by atoms with Gasteiger partial charge in [-0.15, -0.1) is 0 Å². The average Bonchev–Trinajstić information content (AvgIpc) is 2.45. The van der Waals surface area contributed by atoms with Gasteiger partial charge in [0.05, 0.1) is 18.4 Å². The lowest BCUT2D eigenvalue weighted by Gasteiger charge is -2.31. The number of nitrogens with zero attached hydrogens (tertiary/aromatic N) is 2. The molecular formula is C18H26N2O. The maximum atomic E-state index is 5.58. The molecule has 1 heterocycles. The molecule has 0 saturated carbocycles. The van der Waals surface area contributed by atoms with Crippen molar-refractivity contribution in [3.05, 3.63) is 35.1 Å². The van der Waals surface area contributed by atoms with E-state index in [4.69, 9.17) is 9.73 Å². The lowest BCUT2D eigenvalue weighted by Crippen LogP contribution is -2.30. The Balaban J connectivity index is 2.56. The fraction of sp³-hybridized carbons (Fsp3) is 0.556. The monoisotopic (exact) mass is 286 g/mol. The minimum atomic E-state index is -0.137. The van der Waals surface area contributed by atoms with Gasteiger partial charge in [0.1, 0.15) is 11.5 Å². The summed E-state index contributed by atoms with van der Waals surface area (Å²) in [5.41, 5.74) is 4.31. The molecule has 1 unspecified atom stereocenters. The van der Waals surface area contributed by atoms with Gasteiger partial charge in [-0.05, 0) is 45.3 Å². The second kappa shape index (κ2) is 6.00. The molecule has 114 valence electrons. The number of ether oxygens (including phenoxy) is 1. The van der Waals surface area contributed by atoms with Crippen molar-refractivity contribution >= 4 is 11.4 Å². The molecule has 0 amide bonds. The summed E-state index contributed by atoms with van der Waals surface area (Å²) in [5, 5.41) is 0. The largest absolute Gasteiger partial charge is 0.494 e. The summed E-state index contributed by atoms with van der Waals surface area (Å²) < 4.78 is 5.58. The smallest absolute Gasteiger partial charge is 0.146 e. The molecule has 3 heteroatoms. The zero-order chi connectivity index (χ0) is 15.6. The second-order valence-corrected chi connectivity index (χ2v) is 6.11. The molecule has 0 fully saturated rings. The normalized spacial score (nSPS) is 26.9. The fourth-order valence-corrected chi connectivity index (χ4v) is 2.70. The zero-order valence-electron chi connectivity index (χ0n) is 14.0. The van der Waals surface area contributed by atoms with Gasteiger partial charge in [-0.2, -0.15) is 0 Å². The zero-order valence-corrected chi connectivity index (χ0v) is 14.0. The number of hydrogen-bond acceptors (Lipinski definition) is 3. The van der Waals surface area contributed by atoms with Gasteiger partial charge in [0.2, 0.25) is 0 Å². The Morgan fingerprint density at radius 3 is 2.52 bits per heavy atom. The van der Waals surface area contributed by atoms with E-state index in [1.807, 2.05) is 6.08 Å². The maximum Gasteiger partial charge on any atom is 0.146 e. The highest BCUT2D eigenvalue weighted by atomic mass is 16.5. The van der Waals surface area contributed by atoms with Gasteiger partial charge in [-0.1, -0.05) is 19.9 Å². The summed E-state index contributed by atoms with van der Waals surface area (Å²) in [6, 6.07) is 0.267. The van der Waals surface area contributed by atoms with Crippen LogP contribution in [0.4, 0.5) is 0 Å². The van der Waals surface area contributed by atoms with Gasteiger partial charge in [-0.25, -0.2) is 0 Å². The van der Waals surface area contributed by atoms with Crippen LogP contribution in [0.1, 0.15) is 47.5 Å². The van der Waals surface area contributed by atoms with Crippen molar-refractivity contribution in [2.24, 2.45) is 9.98 Å². The third-order valence-corrected chi connectivity index (χ3v) is 3.98. The van der Waals surface area contributed by atoms with Gasteiger partial charge in [-0.3, -0.25) is 9.98 Å². The minimum absolute atomic E-state index is 0.137. The van der Waals surface area contributed by atoms with Crippen molar-refractivity contribution in [3.8, 4) is 0 Å². The summed E-state index contributed by atoms with van der Waals surface area (Å²) in [6.07, 6.45) is 8.42. The molecule has 1 atom stereocenters. The van der Waals surface area contributed by atoms with Crippen molar-refractivity contribution in [2.45, 2.75) is 59.0 Å². The van der Waals surface area contributed by atoms with Crippen LogP contribution in [0, 0.1) is 0 Å². The first kappa shape index (κ1) is 15.7. The quantitative estimate of drug-likeness (QED) is 0.711. The lowest BCUT2D eigenvalue weighted by molar-refractivity contribution is 0.314.